The first-order valence-corrected chi connectivity index (χ1v) is 7.61. The summed E-state index contributed by atoms with van der Waals surface area (Å²) in [6.07, 6.45) is 5.26. The van der Waals surface area contributed by atoms with Crippen LogP contribution in [-0.2, 0) is 0 Å². The highest BCUT2D eigenvalue weighted by Gasteiger charge is 2.28. The van der Waals surface area contributed by atoms with E-state index in [0.29, 0.717) is 17.8 Å². The van der Waals surface area contributed by atoms with E-state index in [4.69, 9.17) is 0 Å². The fourth-order valence-corrected chi connectivity index (χ4v) is 2.73. The van der Waals surface area contributed by atoms with E-state index in [1.807, 2.05) is 6.92 Å². The van der Waals surface area contributed by atoms with Gasteiger partial charge in [-0.05, 0) is 44.1 Å². The summed E-state index contributed by atoms with van der Waals surface area (Å²) < 4.78 is 13.4. The van der Waals surface area contributed by atoms with Crippen LogP contribution in [0, 0.1) is 11.2 Å². The standard InChI is InChI=1S/C16H24FN3O/c1-4-18-14-13(9-11(17)10-19-14)15(21)20-12-5-7-16(2,3)8-6-12/h9-10,12H,4-8H2,1-3H3,(H,18,19)(H,20,21). The van der Waals surface area contributed by atoms with Crippen molar-refractivity contribution in [3.05, 3.63) is 23.6 Å². The van der Waals surface area contributed by atoms with Crippen LogP contribution in [0.2, 0.25) is 0 Å². The predicted octanol–water partition coefficient (Wildman–Crippen LogP) is 3.35. The molecule has 1 heterocycles. The van der Waals surface area contributed by atoms with Crippen LogP contribution in [0.15, 0.2) is 12.3 Å². The van der Waals surface area contributed by atoms with Crippen molar-refractivity contribution in [2.45, 2.75) is 52.5 Å². The average molecular weight is 293 g/mol. The highest BCUT2D eigenvalue weighted by atomic mass is 19.1. The summed E-state index contributed by atoms with van der Waals surface area (Å²) in [7, 11) is 0. The molecule has 0 radical (unpaired) electrons. The molecule has 1 fully saturated rings. The number of carbonyl (C=O) groups excluding carboxylic acids is 1. The first kappa shape index (κ1) is 15.7. The minimum Gasteiger partial charge on any atom is -0.370 e. The van der Waals surface area contributed by atoms with E-state index in [2.05, 4.69) is 29.5 Å². The Balaban J connectivity index is 2.05. The molecule has 0 atom stereocenters. The third-order valence-electron chi connectivity index (χ3n) is 4.12. The summed E-state index contributed by atoms with van der Waals surface area (Å²) >= 11 is 0. The maximum atomic E-state index is 13.4. The third-order valence-corrected chi connectivity index (χ3v) is 4.12. The number of nitrogens with zero attached hydrogens (tertiary/aromatic N) is 1. The number of aromatic nitrogens is 1. The van der Waals surface area contributed by atoms with Crippen LogP contribution in [0.1, 0.15) is 56.8 Å². The molecule has 2 N–H and O–H groups in total. The number of nitrogens with one attached hydrogen (secondary N) is 2. The lowest BCUT2D eigenvalue weighted by Crippen LogP contribution is -2.39. The van der Waals surface area contributed by atoms with E-state index in [9.17, 15) is 9.18 Å². The van der Waals surface area contributed by atoms with Crippen LogP contribution in [0.4, 0.5) is 10.2 Å². The Labute approximate surface area is 125 Å². The molecule has 1 amide bonds. The number of anilines is 1. The van der Waals surface area contributed by atoms with Gasteiger partial charge in [-0.2, -0.15) is 0 Å². The van der Waals surface area contributed by atoms with Gasteiger partial charge in [-0.3, -0.25) is 4.79 Å². The van der Waals surface area contributed by atoms with Gasteiger partial charge in [0.2, 0.25) is 0 Å². The Morgan fingerprint density at radius 3 is 2.71 bits per heavy atom. The van der Waals surface area contributed by atoms with Crippen LogP contribution in [-0.4, -0.2) is 23.5 Å². The van der Waals surface area contributed by atoms with Crippen molar-refractivity contribution in [2.24, 2.45) is 5.41 Å². The largest absolute Gasteiger partial charge is 0.370 e. The number of pyridine rings is 1. The molecule has 1 saturated carbocycles. The summed E-state index contributed by atoms with van der Waals surface area (Å²) in [5, 5.41) is 6.01. The Morgan fingerprint density at radius 2 is 2.10 bits per heavy atom. The summed E-state index contributed by atoms with van der Waals surface area (Å²) in [6, 6.07) is 1.41. The molecule has 116 valence electrons. The Kier molecular flexibility index (Phi) is 4.80. The second-order valence-electron chi connectivity index (χ2n) is 6.49. The molecule has 4 nitrogen and oxygen atoms in total. The number of rotatable bonds is 4. The van der Waals surface area contributed by atoms with Crippen molar-refractivity contribution in [2.75, 3.05) is 11.9 Å². The molecule has 0 aliphatic heterocycles. The lowest BCUT2D eigenvalue weighted by Gasteiger charge is -2.34. The summed E-state index contributed by atoms with van der Waals surface area (Å²) in [5.41, 5.74) is 0.637. The highest BCUT2D eigenvalue weighted by molar-refractivity contribution is 5.98. The van der Waals surface area contributed by atoms with Gasteiger partial charge in [0, 0.05) is 12.6 Å². The van der Waals surface area contributed by atoms with Crippen LogP contribution in [0.3, 0.4) is 0 Å². The SMILES string of the molecule is CCNc1ncc(F)cc1C(=O)NC1CCC(C)(C)CC1. The van der Waals surface area contributed by atoms with Gasteiger partial charge in [0.25, 0.3) is 5.91 Å². The maximum Gasteiger partial charge on any atom is 0.255 e. The van der Waals surface area contributed by atoms with Gasteiger partial charge >= 0.3 is 0 Å². The van der Waals surface area contributed by atoms with E-state index >= 15 is 0 Å². The van der Waals surface area contributed by atoms with Crippen molar-refractivity contribution in [1.82, 2.24) is 10.3 Å². The lowest BCUT2D eigenvalue weighted by atomic mass is 9.75. The Morgan fingerprint density at radius 1 is 1.43 bits per heavy atom. The van der Waals surface area contributed by atoms with Crippen LogP contribution in [0.25, 0.3) is 0 Å². The molecule has 0 aromatic carbocycles. The first-order chi connectivity index (χ1) is 9.91. The molecule has 0 spiro atoms. The summed E-state index contributed by atoms with van der Waals surface area (Å²) in [4.78, 5) is 16.3. The summed E-state index contributed by atoms with van der Waals surface area (Å²) in [6.45, 7) is 7.06. The van der Waals surface area contributed by atoms with Crippen molar-refractivity contribution in [1.29, 1.82) is 0 Å². The van der Waals surface area contributed by atoms with Gasteiger partial charge in [-0.15, -0.1) is 0 Å². The number of amides is 1. The van der Waals surface area contributed by atoms with E-state index in [-0.39, 0.29) is 17.5 Å². The minimum absolute atomic E-state index is 0.170. The zero-order valence-corrected chi connectivity index (χ0v) is 13.0. The zero-order chi connectivity index (χ0) is 15.5. The van der Waals surface area contributed by atoms with Gasteiger partial charge in [-0.25, -0.2) is 9.37 Å². The summed E-state index contributed by atoms with van der Waals surface area (Å²) in [5.74, 6) is -0.304. The van der Waals surface area contributed by atoms with Crippen LogP contribution >= 0.6 is 0 Å². The van der Waals surface area contributed by atoms with E-state index in [1.165, 1.54) is 6.07 Å². The Hall–Kier alpha value is -1.65. The molecule has 1 aromatic heterocycles. The molecular weight excluding hydrogens is 269 g/mol. The molecule has 21 heavy (non-hydrogen) atoms. The fourth-order valence-electron chi connectivity index (χ4n) is 2.73. The van der Waals surface area contributed by atoms with Crippen LogP contribution < -0.4 is 10.6 Å². The molecule has 5 heteroatoms. The topological polar surface area (TPSA) is 54.0 Å². The molecule has 0 unspecified atom stereocenters. The zero-order valence-electron chi connectivity index (χ0n) is 13.0. The molecule has 2 rings (SSSR count). The quantitative estimate of drug-likeness (QED) is 0.895. The van der Waals surface area contributed by atoms with E-state index in [1.54, 1.807) is 0 Å². The van der Waals surface area contributed by atoms with Gasteiger partial charge in [-0.1, -0.05) is 13.8 Å². The van der Waals surface area contributed by atoms with Crippen molar-refractivity contribution in [3.63, 3.8) is 0 Å². The first-order valence-electron chi connectivity index (χ1n) is 7.61. The highest BCUT2D eigenvalue weighted by Crippen LogP contribution is 2.35. The number of halogens is 1. The molecule has 1 aliphatic rings. The molecule has 0 saturated heterocycles. The number of hydrogen-bond donors (Lipinski definition) is 2. The molecule has 0 bridgehead atoms. The molecule has 1 aromatic rings. The average Bonchev–Trinajstić information content (AvgIpc) is 2.43. The molecular formula is C16H24FN3O. The predicted molar refractivity (Wildman–Crippen MR) is 81.9 cm³/mol. The van der Waals surface area contributed by atoms with Crippen LogP contribution in [0.5, 0.6) is 0 Å². The lowest BCUT2D eigenvalue weighted by molar-refractivity contribution is 0.0909. The van der Waals surface area contributed by atoms with Gasteiger partial charge in [0.1, 0.15) is 11.6 Å². The van der Waals surface area contributed by atoms with E-state index < -0.39 is 5.82 Å². The minimum atomic E-state index is -0.494. The second-order valence-corrected chi connectivity index (χ2v) is 6.49. The van der Waals surface area contributed by atoms with Crippen molar-refractivity contribution < 1.29 is 9.18 Å². The Bertz CT molecular complexity index is 506. The smallest absolute Gasteiger partial charge is 0.255 e. The van der Waals surface area contributed by atoms with Crippen molar-refractivity contribution in [3.8, 4) is 0 Å². The van der Waals surface area contributed by atoms with Gasteiger partial charge in [0.05, 0.1) is 11.8 Å². The van der Waals surface area contributed by atoms with E-state index in [0.717, 1.165) is 31.9 Å². The van der Waals surface area contributed by atoms with Gasteiger partial charge in [0.15, 0.2) is 0 Å². The maximum absolute atomic E-state index is 13.4. The number of hydrogen-bond acceptors (Lipinski definition) is 3. The number of carbonyl (C=O) groups is 1. The van der Waals surface area contributed by atoms with Gasteiger partial charge < -0.3 is 10.6 Å². The second kappa shape index (κ2) is 6.41. The normalized spacial score (nSPS) is 18.3. The monoisotopic (exact) mass is 293 g/mol. The fraction of sp³-hybridized carbons (Fsp3) is 0.625. The van der Waals surface area contributed by atoms with Crippen molar-refractivity contribution >= 4 is 11.7 Å². The molecule has 1 aliphatic carbocycles. The third kappa shape index (κ3) is 4.16.